The first kappa shape index (κ1) is 62.0. The van der Waals surface area contributed by atoms with E-state index in [1.807, 2.05) is 6.08 Å². The summed E-state index contributed by atoms with van der Waals surface area (Å²) < 4.78 is 17.3. The third-order valence-corrected chi connectivity index (χ3v) is 10.7. The quantitative estimate of drug-likeness (QED) is 0.0346. The van der Waals surface area contributed by atoms with Crippen LogP contribution in [0.25, 0.3) is 0 Å². The van der Waals surface area contributed by atoms with Crippen molar-refractivity contribution in [3.63, 3.8) is 0 Å². The summed E-state index contributed by atoms with van der Waals surface area (Å²) in [6.07, 6.45) is 79.2. The molecule has 0 aliphatic rings. The summed E-state index contributed by atoms with van der Waals surface area (Å²) in [5.74, 6) is -0.568. The van der Waals surface area contributed by atoms with Gasteiger partial charge in [0.2, 0.25) is 0 Å². The summed E-state index contributed by atoms with van der Waals surface area (Å²) in [6, 6.07) is 0. The molecule has 0 radical (unpaired) electrons. The van der Waals surface area contributed by atoms with Crippen molar-refractivity contribution in [3.8, 4) is 0 Å². The van der Waals surface area contributed by atoms with E-state index >= 15 is 0 Å². The van der Waals surface area contributed by atoms with Crippen molar-refractivity contribution in [2.45, 2.75) is 219 Å². The minimum Gasteiger partial charge on any atom is -0.462 e. The van der Waals surface area contributed by atoms with E-state index in [2.05, 4.69) is 148 Å². The lowest BCUT2D eigenvalue weighted by Crippen LogP contribution is -2.30. The van der Waals surface area contributed by atoms with Crippen LogP contribution >= 0.6 is 0 Å². The second kappa shape index (κ2) is 55.4. The maximum absolute atomic E-state index is 12.8. The van der Waals surface area contributed by atoms with Crippen molar-refractivity contribution in [2.24, 2.45) is 0 Å². The average Bonchev–Trinajstić information content (AvgIpc) is 3.32. The molecule has 0 aromatic rings. The number of ether oxygens (including phenoxy) is 3. The van der Waals surface area contributed by atoms with Crippen LogP contribution in [0.2, 0.25) is 0 Å². The molecule has 0 aromatic heterocycles. The number of allylic oxidation sites excluding steroid dienone is 22. The van der Waals surface area contributed by atoms with Gasteiger partial charge in [0, 0.05) is 19.4 Å². The molecule has 5 heteroatoms. The Labute approximate surface area is 407 Å². The molecule has 0 aromatic carbocycles. The molecule has 0 bridgehead atoms. The normalized spacial score (nSPS) is 13.3. The molecule has 0 heterocycles. The SMILES string of the molecule is CC/C=C\C/C=C\C/C=C\C/C=C\C/C=C\CCCC(=O)OCC(COCCCCCCCCCCCC/C=C\C/C=C\CCCCC)OC(=O)CC/C=C\C/C=C\C/C=C\C/C=C\CC. The topological polar surface area (TPSA) is 61.8 Å². The molecule has 0 fully saturated rings. The minimum atomic E-state index is -0.608. The van der Waals surface area contributed by atoms with Crippen LogP contribution in [-0.2, 0) is 23.8 Å². The molecule has 0 saturated carbocycles. The van der Waals surface area contributed by atoms with Crippen molar-refractivity contribution in [1.82, 2.24) is 0 Å². The molecule has 0 aliphatic heterocycles. The van der Waals surface area contributed by atoms with E-state index in [1.54, 1.807) is 0 Å². The Morgan fingerprint density at radius 1 is 0.348 bits per heavy atom. The van der Waals surface area contributed by atoms with Gasteiger partial charge in [0.1, 0.15) is 6.61 Å². The Bertz CT molecular complexity index is 1400. The van der Waals surface area contributed by atoms with Crippen LogP contribution in [0.1, 0.15) is 213 Å². The summed E-state index contributed by atoms with van der Waals surface area (Å²) >= 11 is 0. The van der Waals surface area contributed by atoms with Gasteiger partial charge in [-0.3, -0.25) is 9.59 Å². The zero-order chi connectivity index (χ0) is 47.7. The minimum absolute atomic E-state index is 0.0176. The van der Waals surface area contributed by atoms with Crippen molar-refractivity contribution in [2.75, 3.05) is 19.8 Å². The number of unbranched alkanes of at least 4 members (excludes halogenated alkanes) is 14. The highest BCUT2D eigenvalue weighted by Gasteiger charge is 2.17. The van der Waals surface area contributed by atoms with Gasteiger partial charge in [-0.25, -0.2) is 0 Å². The standard InChI is InChI=1S/C61H98O5/c1-4-7-10-13-16-19-22-25-27-29-30-31-33-35-38-41-44-47-50-53-56-64-57-59(66-61(63)55-52-49-46-43-40-36-24-21-18-15-12-9-6-3)58-65-60(62)54-51-48-45-42-39-37-34-32-28-26-23-20-17-14-11-8-5-2/h8-9,11-12,16-21,25-28,34,36-37,40,42,45-46,49,59H,4-7,10,13-15,22-24,29-33,35,38-39,41,43-44,47-48,50-58H2,1-3H3/b11-8-,12-9-,19-16-,20-17-,21-18-,27-25-,28-26-,37-34-,40-36-,45-42-,49-46-. The summed E-state index contributed by atoms with van der Waals surface area (Å²) in [5.41, 5.74) is 0. The fraction of sp³-hybridized carbons (Fsp3) is 0.607. The van der Waals surface area contributed by atoms with E-state index in [9.17, 15) is 9.59 Å². The van der Waals surface area contributed by atoms with E-state index in [0.29, 0.717) is 19.4 Å². The van der Waals surface area contributed by atoms with E-state index < -0.39 is 6.10 Å². The van der Waals surface area contributed by atoms with Gasteiger partial charge in [0.05, 0.1) is 6.61 Å². The predicted octanol–water partition coefficient (Wildman–Crippen LogP) is 18.3. The molecular weight excluding hydrogens is 813 g/mol. The molecule has 66 heavy (non-hydrogen) atoms. The number of hydrogen-bond acceptors (Lipinski definition) is 5. The third kappa shape index (κ3) is 52.7. The van der Waals surface area contributed by atoms with Crippen LogP contribution in [-0.4, -0.2) is 37.9 Å². The van der Waals surface area contributed by atoms with Gasteiger partial charge in [0.25, 0.3) is 0 Å². The average molecular weight is 911 g/mol. The fourth-order valence-electron chi connectivity index (χ4n) is 6.76. The lowest BCUT2D eigenvalue weighted by atomic mass is 10.1. The second-order valence-corrected chi connectivity index (χ2v) is 17.0. The first-order valence-electron chi connectivity index (χ1n) is 26.7. The Hall–Kier alpha value is -3.96. The number of hydrogen-bond donors (Lipinski definition) is 0. The molecule has 372 valence electrons. The molecule has 0 spiro atoms. The van der Waals surface area contributed by atoms with Gasteiger partial charge in [-0.15, -0.1) is 0 Å². The summed E-state index contributed by atoms with van der Waals surface area (Å²) in [7, 11) is 0. The van der Waals surface area contributed by atoms with E-state index in [-0.39, 0.29) is 31.6 Å². The van der Waals surface area contributed by atoms with Crippen LogP contribution in [0.5, 0.6) is 0 Å². The predicted molar refractivity (Wildman–Crippen MR) is 288 cm³/mol. The number of rotatable bonds is 47. The zero-order valence-electron chi connectivity index (χ0n) is 42.7. The fourth-order valence-corrected chi connectivity index (χ4v) is 6.76. The summed E-state index contributed by atoms with van der Waals surface area (Å²) in [6.45, 7) is 7.41. The van der Waals surface area contributed by atoms with Gasteiger partial charge in [-0.05, 0) is 116 Å². The molecule has 0 saturated heterocycles. The number of carbonyl (C=O) groups excluding carboxylic acids is 2. The van der Waals surface area contributed by atoms with E-state index in [0.717, 1.165) is 89.9 Å². The van der Waals surface area contributed by atoms with Crippen LogP contribution < -0.4 is 0 Å². The summed E-state index contributed by atoms with van der Waals surface area (Å²) in [5, 5.41) is 0. The molecule has 0 amide bonds. The Morgan fingerprint density at radius 3 is 1.15 bits per heavy atom. The Balaban J connectivity index is 4.43. The number of esters is 2. The lowest BCUT2D eigenvalue weighted by Gasteiger charge is -2.18. The van der Waals surface area contributed by atoms with Crippen molar-refractivity contribution < 1.29 is 23.8 Å². The first-order chi connectivity index (χ1) is 32.6. The molecule has 0 rings (SSSR count). The van der Waals surface area contributed by atoms with Crippen molar-refractivity contribution >= 4 is 11.9 Å². The van der Waals surface area contributed by atoms with E-state index in [1.165, 1.54) is 83.5 Å². The van der Waals surface area contributed by atoms with Gasteiger partial charge in [0.15, 0.2) is 6.10 Å². The largest absolute Gasteiger partial charge is 0.462 e. The van der Waals surface area contributed by atoms with Crippen molar-refractivity contribution in [3.05, 3.63) is 134 Å². The smallest absolute Gasteiger partial charge is 0.306 e. The van der Waals surface area contributed by atoms with Crippen LogP contribution in [0, 0.1) is 0 Å². The highest BCUT2D eigenvalue weighted by molar-refractivity contribution is 5.70. The molecule has 0 aliphatic carbocycles. The second-order valence-electron chi connectivity index (χ2n) is 17.0. The number of carbonyl (C=O) groups is 2. The molecule has 0 N–H and O–H groups in total. The molecule has 1 atom stereocenters. The zero-order valence-corrected chi connectivity index (χ0v) is 42.7. The van der Waals surface area contributed by atoms with Crippen LogP contribution in [0.4, 0.5) is 0 Å². The highest BCUT2D eigenvalue weighted by atomic mass is 16.6. The molecular formula is C61H98O5. The van der Waals surface area contributed by atoms with Gasteiger partial charge in [-0.1, -0.05) is 219 Å². The van der Waals surface area contributed by atoms with E-state index in [4.69, 9.17) is 14.2 Å². The van der Waals surface area contributed by atoms with Gasteiger partial charge in [-0.2, -0.15) is 0 Å². The lowest BCUT2D eigenvalue weighted by molar-refractivity contribution is -0.162. The Kier molecular flexibility index (Phi) is 52.0. The molecule has 1 unspecified atom stereocenters. The molecule has 5 nitrogen and oxygen atoms in total. The van der Waals surface area contributed by atoms with Crippen LogP contribution in [0.3, 0.4) is 0 Å². The highest BCUT2D eigenvalue weighted by Crippen LogP contribution is 2.13. The summed E-state index contributed by atoms with van der Waals surface area (Å²) in [4.78, 5) is 25.4. The maximum atomic E-state index is 12.8. The van der Waals surface area contributed by atoms with Crippen LogP contribution in [0.15, 0.2) is 134 Å². The first-order valence-corrected chi connectivity index (χ1v) is 26.7. The third-order valence-electron chi connectivity index (χ3n) is 10.7. The van der Waals surface area contributed by atoms with Gasteiger partial charge < -0.3 is 14.2 Å². The van der Waals surface area contributed by atoms with Crippen molar-refractivity contribution in [1.29, 1.82) is 0 Å². The maximum Gasteiger partial charge on any atom is 0.306 e. The monoisotopic (exact) mass is 911 g/mol. The van der Waals surface area contributed by atoms with Gasteiger partial charge >= 0.3 is 11.9 Å². The Morgan fingerprint density at radius 2 is 0.712 bits per heavy atom.